The molecule has 0 amide bonds. The molecule has 1 fully saturated rings. The molecule has 11 atom stereocenters. The van der Waals surface area contributed by atoms with Crippen LogP contribution in [0.5, 0.6) is 0 Å². The Hall–Kier alpha value is -1.55. The molecule has 0 radical (unpaired) electrons. The summed E-state index contributed by atoms with van der Waals surface area (Å²) in [6.45, 7) is 7.74. The number of rotatable bonds is 4. The van der Waals surface area contributed by atoms with Crippen molar-refractivity contribution in [1.29, 1.82) is 0 Å². The van der Waals surface area contributed by atoms with Gasteiger partial charge in [-0.1, -0.05) is 67.4 Å². The molecule has 3 rings (SSSR count). The van der Waals surface area contributed by atoms with Crippen molar-refractivity contribution in [2.24, 2.45) is 41.4 Å². The summed E-state index contributed by atoms with van der Waals surface area (Å²) in [5, 5.41) is 30.4. The first-order chi connectivity index (χ1) is 18.1. The van der Waals surface area contributed by atoms with Crippen molar-refractivity contribution in [3.63, 3.8) is 0 Å². The fourth-order valence-corrected chi connectivity index (χ4v) is 6.98. The maximum Gasteiger partial charge on any atom is 0.316 e. The Morgan fingerprint density at radius 1 is 1.05 bits per heavy atom. The number of fused-ring (bicyclic) bond motifs is 3. The second-order valence-electron chi connectivity index (χ2n) is 11.5. The van der Waals surface area contributed by atoms with E-state index in [4.69, 9.17) is 32.7 Å². The van der Waals surface area contributed by atoms with Gasteiger partial charge in [-0.15, -0.1) is 0 Å². The number of carbonyl (C=O) groups excluding carboxylic acids is 3. The predicted molar refractivity (Wildman–Crippen MR) is 147 cm³/mol. The molecule has 1 heterocycles. The van der Waals surface area contributed by atoms with Crippen LogP contribution >= 0.6 is 23.2 Å². The zero-order chi connectivity index (χ0) is 29.3. The second-order valence-corrected chi connectivity index (χ2v) is 12.9. The highest BCUT2D eigenvalue weighted by Gasteiger charge is 2.59. The smallest absolute Gasteiger partial charge is 0.316 e. The molecule has 1 saturated carbocycles. The first-order valence-corrected chi connectivity index (χ1v) is 14.2. The summed E-state index contributed by atoms with van der Waals surface area (Å²) >= 11 is 13.1. The van der Waals surface area contributed by atoms with Gasteiger partial charge in [0.25, 0.3) is 0 Å². The van der Waals surface area contributed by atoms with E-state index >= 15 is 0 Å². The van der Waals surface area contributed by atoms with Crippen LogP contribution in [0.15, 0.2) is 36.5 Å². The minimum Gasteiger partial charge on any atom is -0.458 e. The summed E-state index contributed by atoms with van der Waals surface area (Å²) in [6.07, 6.45) is 8.86. The number of aliphatic hydroxyl groups is 3. The van der Waals surface area contributed by atoms with E-state index in [-0.39, 0.29) is 30.8 Å². The Morgan fingerprint density at radius 2 is 1.69 bits per heavy atom. The molecule has 3 N–H and O–H groups in total. The molecule has 1 unspecified atom stereocenters. The van der Waals surface area contributed by atoms with Crippen molar-refractivity contribution >= 4 is 40.7 Å². The Morgan fingerprint density at radius 3 is 2.33 bits per heavy atom. The Kier molecular flexibility index (Phi) is 10.3. The van der Waals surface area contributed by atoms with Crippen LogP contribution in [-0.2, 0) is 23.9 Å². The summed E-state index contributed by atoms with van der Waals surface area (Å²) < 4.78 is 8.75. The van der Waals surface area contributed by atoms with E-state index in [1.807, 2.05) is 38.2 Å². The van der Waals surface area contributed by atoms with Gasteiger partial charge in [-0.25, -0.2) is 0 Å². The summed E-state index contributed by atoms with van der Waals surface area (Å²) in [5.41, 5.74) is -1.29. The number of hydrogen-bond donors (Lipinski definition) is 3. The third kappa shape index (κ3) is 6.68. The van der Waals surface area contributed by atoms with Crippen molar-refractivity contribution < 1.29 is 39.2 Å². The number of carbonyl (C=O) groups is 3. The molecule has 1 aliphatic heterocycles. The van der Waals surface area contributed by atoms with E-state index in [9.17, 15) is 29.7 Å². The van der Waals surface area contributed by atoms with Crippen LogP contribution in [0.25, 0.3) is 0 Å². The van der Waals surface area contributed by atoms with Crippen LogP contribution in [0.2, 0.25) is 0 Å². The van der Waals surface area contributed by atoms with E-state index < -0.39 is 76.1 Å². The van der Waals surface area contributed by atoms with E-state index in [2.05, 4.69) is 0 Å². The number of cyclic esters (lactones) is 1. The summed E-state index contributed by atoms with van der Waals surface area (Å²) in [4.78, 5) is 40.3. The fraction of sp³-hybridized carbons (Fsp3) is 0.690. The lowest BCUT2D eigenvalue weighted by Crippen LogP contribution is -2.60. The van der Waals surface area contributed by atoms with Gasteiger partial charge in [0, 0.05) is 5.92 Å². The summed E-state index contributed by atoms with van der Waals surface area (Å²) in [6, 6.07) is 0. The number of halogens is 2. The fourth-order valence-electron chi connectivity index (χ4n) is 6.40. The number of ether oxygens (including phenoxy) is 2. The quantitative estimate of drug-likeness (QED) is 0.198. The Bertz CT molecular complexity index is 1020. The van der Waals surface area contributed by atoms with Crippen molar-refractivity contribution in [2.75, 3.05) is 13.2 Å². The summed E-state index contributed by atoms with van der Waals surface area (Å²) in [7, 11) is 0. The third-order valence-corrected chi connectivity index (χ3v) is 9.16. The molecular formula is C29H40Cl2O8. The van der Waals surface area contributed by atoms with Gasteiger partial charge in [-0.3, -0.25) is 14.4 Å². The number of allylic oxidation sites excluding steroid dienone is 5. The molecule has 8 nitrogen and oxygen atoms in total. The highest BCUT2D eigenvalue weighted by Crippen LogP contribution is 2.53. The van der Waals surface area contributed by atoms with Crippen molar-refractivity contribution in [3.05, 3.63) is 36.5 Å². The molecule has 10 heteroatoms. The number of esters is 1. The zero-order valence-corrected chi connectivity index (χ0v) is 24.5. The van der Waals surface area contributed by atoms with E-state index in [0.717, 1.165) is 0 Å². The van der Waals surface area contributed by atoms with Gasteiger partial charge in [0.15, 0.2) is 11.6 Å². The van der Waals surface area contributed by atoms with Crippen LogP contribution < -0.4 is 0 Å². The number of ketones is 2. The lowest BCUT2D eigenvalue weighted by atomic mass is 9.54. The van der Waals surface area contributed by atoms with Gasteiger partial charge in [-0.2, -0.15) is 0 Å². The van der Waals surface area contributed by atoms with Crippen LogP contribution in [-0.4, -0.2) is 74.3 Å². The van der Waals surface area contributed by atoms with Crippen LogP contribution in [0.3, 0.4) is 0 Å². The highest BCUT2D eigenvalue weighted by atomic mass is 35.5. The van der Waals surface area contributed by atoms with Gasteiger partial charge in [0.05, 0.1) is 24.9 Å². The highest BCUT2D eigenvalue weighted by molar-refractivity contribution is 6.68. The molecule has 0 bridgehead atoms. The molecule has 0 aromatic carbocycles. The van der Waals surface area contributed by atoms with Crippen LogP contribution in [0, 0.1) is 41.4 Å². The molecule has 39 heavy (non-hydrogen) atoms. The molecule has 2 aliphatic carbocycles. The molecule has 0 aromatic heterocycles. The summed E-state index contributed by atoms with van der Waals surface area (Å²) in [5.74, 6) is -6.34. The SMILES string of the molecule is C[C@@H]1C(=O)O[C@@H](C)/C=C/C=C\[C@@H](C)[C@@H]2C=C[C@@H]3C[C@@](C)(O)[C@H](OCC(O)CO)[C@@H](C)[C@H]3[C@@H]2C(=O)C(Cl)(Cl)C1=O. The monoisotopic (exact) mass is 586 g/mol. The van der Waals surface area contributed by atoms with Crippen molar-refractivity contribution in [3.8, 4) is 0 Å². The molecule has 0 saturated heterocycles. The van der Waals surface area contributed by atoms with E-state index in [1.165, 1.54) is 6.92 Å². The molecular weight excluding hydrogens is 547 g/mol. The van der Waals surface area contributed by atoms with Crippen molar-refractivity contribution in [2.45, 2.75) is 69.3 Å². The minimum absolute atomic E-state index is 0.163. The number of Topliss-reactive ketones (excluding diaryl/α,β-unsaturated/α-hetero) is 2. The molecule has 0 aromatic rings. The predicted octanol–water partition coefficient (Wildman–Crippen LogP) is 3.19. The lowest BCUT2D eigenvalue weighted by molar-refractivity contribution is -0.189. The Labute approximate surface area is 240 Å². The zero-order valence-electron chi connectivity index (χ0n) is 23.0. The van der Waals surface area contributed by atoms with Gasteiger partial charge < -0.3 is 24.8 Å². The van der Waals surface area contributed by atoms with Gasteiger partial charge in [-0.05, 0) is 62.9 Å². The molecule has 0 spiro atoms. The normalized spacial score (nSPS) is 43.4. The Balaban J connectivity index is 2.10. The van der Waals surface area contributed by atoms with Gasteiger partial charge in [0.1, 0.15) is 18.1 Å². The third-order valence-electron chi connectivity index (χ3n) is 8.42. The van der Waals surface area contributed by atoms with E-state index in [0.29, 0.717) is 0 Å². The maximum absolute atomic E-state index is 14.2. The van der Waals surface area contributed by atoms with Gasteiger partial charge >= 0.3 is 5.97 Å². The van der Waals surface area contributed by atoms with Crippen LogP contribution in [0.4, 0.5) is 0 Å². The van der Waals surface area contributed by atoms with Gasteiger partial charge in [0.2, 0.25) is 4.33 Å². The minimum atomic E-state index is -2.51. The lowest BCUT2D eigenvalue weighted by Gasteiger charge is -2.54. The topological polar surface area (TPSA) is 130 Å². The number of aliphatic hydroxyl groups excluding tert-OH is 2. The first-order valence-electron chi connectivity index (χ1n) is 13.5. The average molecular weight is 588 g/mol. The standard InChI is InChI=1S/C29H40Cl2O8/c1-15-8-6-7-9-16(2)39-27(36)18(4)24(34)29(30,31)25(35)23-21(15)11-10-19-12-28(5,37)26(17(3)22(19)23)38-14-20(33)13-32/h6-11,15-23,26,32-33,37H,12-14H2,1-5H3/b8-6-,9-7+/t15-,16+,17+,18+,19-,20?,21+,22-,23-,26-,28-/m1/s1. The van der Waals surface area contributed by atoms with Crippen molar-refractivity contribution in [1.82, 2.24) is 0 Å². The number of alkyl halides is 2. The van der Waals surface area contributed by atoms with E-state index in [1.54, 1.807) is 26.0 Å². The van der Waals surface area contributed by atoms with Crippen LogP contribution in [0.1, 0.15) is 41.0 Å². The second kappa shape index (κ2) is 12.5. The average Bonchev–Trinajstić information content (AvgIpc) is 2.87. The first kappa shape index (κ1) is 32.0. The molecule has 218 valence electrons. The maximum atomic E-state index is 14.2. The number of hydrogen-bond acceptors (Lipinski definition) is 8. The molecule has 3 aliphatic rings. The largest absolute Gasteiger partial charge is 0.458 e.